The zero-order chi connectivity index (χ0) is 14.4. The lowest BCUT2D eigenvalue weighted by atomic mass is 10.3. The van der Waals surface area contributed by atoms with Gasteiger partial charge in [-0.2, -0.15) is 0 Å². The smallest absolute Gasteiger partial charge is 0.215 e. The summed E-state index contributed by atoms with van der Waals surface area (Å²) in [7, 11) is 1.51. The van der Waals surface area contributed by atoms with Crippen LogP contribution < -0.4 is 21.3 Å². The second-order valence-corrected chi connectivity index (χ2v) is 3.91. The van der Waals surface area contributed by atoms with Crippen molar-refractivity contribution in [3.05, 3.63) is 54.3 Å². The van der Waals surface area contributed by atoms with Gasteiger partial charge in [0.25, 0.3) is 0 Å². The molecule has 0 heterocycles. The van der Waals surface area contributed by atoms with E-state index < -0.39 is 5.82 Å². The number of nitrogens with zero attached hydrogens (tertiary/aromatic N) is 1. The number of ether oxygens (including phenoxy) is 1. The molecule has 6 heteroatoms. The number of methoxy groups -OCH3 is 1. The molecule has 0 bridgehead atoms. The number of hydrazine groups is 1. The van der Waals surface area contributed by atoms with Gasteiger partial charge < -0.3 is 10.1 Å². The molecule has 0 fully saturated rings. The van der Waals surface area contributed by atoms with Gasteiger partial charge in [0.1, 0.15) is 17.3 Å². The van der Waals surface area contributed by atoms with Gasteiger partial charge in [0.2, 0.25) is 5.96 Å². The number of guanidine groups is 1. The molecule has 0 spiro atoms. The Morgan fingerprint density at radius 1 is 1.20 bits per heavy atom. The first-order chi connectivity index (χ1) is 9.72. The van der Waals surface area contributed by atoms with E-state index in [1.54, 1.807) is 0 Å². The quantitative estimate of drug-likeness (QED) is 0.348. The van der Waals surface area contributed by atoms with Crippen LogP contribution in [0.3, 0.4) is 0 Å². The predicted molar refractivity (Wildman–Crippen MR) is 77.4 cm³/mol. The monoisotopic (exact) mass is 274 g/mol. The Morgan fingerprint density at radius 3 is 2.60 bits per heavy atom. The molecule has 0 radical (unpaired) electrons. The summed E-state index contributed by atoms with van der Waals surface area (Å²) in [6, 6.07) is 13.6. The van der Waals surface area contributed by atoms with Crippen molar-refractivity contribution in [3.63, 3.8) is 0 Å². The fraction of sp³-hybridized carbons (Fsp3) is 0.0714. The fourth-order valence-electron chi connectivity index (χ4n) is 1.58. The van der Waals surface area contributed by atoms with Gasteiger partial charge in [-0.05, 0) is 24.3 Å². The summed E-state index contributed by atoms with van der Waals surface area (Å²) in [5.41, 5.74) is 3.31. The van der Waals surface area contributed by atoms with Crippen molar-refractivity contribution in [1.29, 1.82) is 0 Å². The second kappa shape index (κ2) is 6.53. The Labute approximate surface area is 116 Å². The number of aliphatic imine (C=N–C) groups is 1. The maximum absolute atomic E-state index is 13.7. The molecule has 5 nitrogen and oxygen atoms in total. The molecule has 20 heavy (non-hydrogen) atoms. The van der Waals surface area contributed by atoms with Crippen LogP contribution in [-0.2, 0) is 0 Å². The molecule has 4 N–H and O–H groups in total. The molecule has 0 atom stereocenters. The van der Waals surface area contributed by atoms with E-state index in [9.17, 15) is 4.39 Å². The predicted octanol–water partition coefficient (Wildman–Crippen LogP) is 2.40. The van der Waals surface area contributed by atoms with Gasteiger partial charge in [-0.15, -0.1) is 0 Å². The molecule has 0 aliphatic carbocycles. The van der Waals surface area contributed by atoms with E-state index in [0.29, 0.717) is 5.75 Å². The summed E-state index contributed by atoms with van der Waals surface area (Å²) in [5, 5.41) is 2.95. The van der Waals surface area contributed by atoms with Crippen molar-refractivity contribution in [3.8, 4) is 5.75 Å². The topological polar surface area (TPSA) is 71.7 Å². The molecule has 0 saturated heterocycles. The van der Waals surface area contributed by atoms with E-state index in [0.717, 1.165) is 5.69 Å². The van der Waals surface area contributed by atoms with Crippen LogP contribution >= 0.6 is 0 Å². The molecule has 2 aromatic rings. The van der Waals surface area contributed by atoms with Crippen LogP contribution in [0.5, 0.6) is 5.75 Å². The fourth-order valence-corrected chi connectivity index (χ4v) is 1.58. The molecule has 104 valence electrons. The van der Waals surface area contributed by atoms with E-state index in [2.05, 4.69) is 15.7 Å². The average Bonchev–Trinajstić information content (AvgIpc) is 2.49. The third-order valence-electron chi connectivity index (χ3n) is 2.56. The van der Waals surface area contributed by atoms with Gasteiger partial charge in [-0.1, -0.05) is 18.2 Å². The van der Waals surface area contributed by atoms with E-state index in [1.165, 1.54) is 25.3 Å². The Kier molecular flexibility index (Phi) is 4.52. The first-order valence-corrected chi connectivity index (χ1v) is 5.94. The average molecular weight is 274 g/mol. The molecule has 0 aromatic heterocycles. The summed E-state index contributed by atoms with van der Waals surface area (Å²) in [6.45, 7) is 0. The second-order valence-electron chi connectivity index (χ2n) is 3.91. The zero-order valence-electron chi connectivity index (χ0n) is 10.9. The lowest BCUT2D eigenvalue weighted by Gasteiger charge is -2.09. The van der Waals surface area contributed by atoms with E-state index in [-0.39, 0.29) is 11.6 Å². The minimum Gasteiger partial charge on any atom is -0.497 e. The number of benzene rings is 2. The summed E-state index contributed by atoms with van der Waals surface area (Å²) in [5.74, 6) is 5.67. The highest BCUT2D eigenvalue weighted by molar-refractivity contribution is 5.94. The van der Waals surface area contributed by atoms with Crippen LogP contribution in [0.15, 0.2) is 53.5 Å². The Morgan fingerprint density at radius 2 is 1.95 bits per heavy atom. The van der Waals surface area contributed by atoms with E-state index in [4.69, 9.17) is 10.6 Å². The Bertz CT molecular complexity index is 601. The Balaban J connectivity index is 2.26. The zero-order valence-corrected chi connectivity index (χ0v) is 10.9. The van der Waals surface area contributed by atoms with Crippen LogP contribution in [0.2, 0.25) is 0 Å². The van der Waals surface area contributed by atoms with Gasteiger partial charge in [0.15, 0.2) is 0 Å². The third-order valence-corrected chi connectivity index (χ3v) is 2.56. The van der Waals surface area contributed by atoms with Crippen LogP contribution in [0.1, 0.15) is 0 Å². The highest BCUT2D eigenvalue weighted by Gasteiger charge is 2.05. The molecular formula is C14H15FN4O. The SMILES string of the molecule is COc1ccc(F)c(N=C(NN)Nc2ccccc2)c1. The summed E-state index contributed by atoms with van der Waals surface area (Å²) < 4.78 is 18.7. The van der Waals surface area contributed by atoms with Crippen LogP contribution in [0.4, 0.5) is 15.8 Å². The lowest BCUT2D eigenvalue weighted by Crippen LogP contribution is -2.36. The number of rotatable bonds is 3. The first-order valence-electron chi connectivity index (χ1n) is 5.94. The van der Waals surface area contributed by atoms with Crippen molar-refractivity contribution in [1.82, 2.24) is 5.43 Å². The van der Waals surface area contributed by atoms with Crippen molar-refractivity contribution < 1.29 is 9.13 Å². The van der Waals surface area contributed by atoms with Crippen molar-refractivity contribution >= 4 is 17.3 Å². The first kappa shape index (κ1) is 13.8. The minimum atomic E-state index is -0.464. The summed E-state index contributed by atoms with van der Waals surface area (Å²) >= 11 is 0. The molecule has 2 aromatic carbocycles. The number of nitrogens with one attached hydrogen (secondary N) is 2. The normalized spacial score (nSPS) is 11.1. The van der Waals surface area contributed by atoms with E-state index in [1.807, 2.05) is 30.3 Å². The summed E-state index contributed by atoms with van der Waals surface area (Å²) in [4.78, 5) is 4.09. The molecule has 0 amide bonds. The highest BCUT2D eigenvalue weighted by Crippen LogP contribution is 2.23. The standard InChI is InChI=1S/C14H15FN4O/c1-20-11-7-8-12(15)13(9-11)18-14(19-16)17-10-5-3-2-4-6-10/h2-9H,16H2,1H3,(H2,17,18,19). The van der Waals surface area contributed by atoms with Crippen LogP contribution in [0, 0.1) is 5.82 Å². The van der Waals surface area contributed by atoms with Gasteiger partial charge in [-0.25, -0.2) is 15.2 Å². The van der Waals surface area contributed by atoms with Gasteiger partial charge in [0, 0.05) is 11.8 Å². The maximum atomic E-state index is 13.7. The highest BCUT2D eigenvalue weighted by atomic mass is 19.1. The Hall–Kier alpha value is -2.60. The third kappa shape index (κ3) is 3.46. The molecular weight excluding hydrogens is 259 g/mol. The molecule has 0 saturated carbocycles. The number of hydrogen-bond donors (Lipinski definition) is 3. The van der Waals surface area contributed by atoms with Crippen molar-refractivity contribution in [2.45, 2.75) is 0 Å². The maximum Gasteiger partial charge on any atom is 0.215 e. The number of anilines is 1. The van der Waals surface area contributed by atoms with E-state index >= 15 is 0 Å². The van der Waals surface area contributed by atoms with Crippen molar-refractivity contribution in [2.75, 3.05) is 12.4 Å². The van der Waals surface area contributed by atoms with Crippen molar-refractivity contribution in [2.24, 2.45) is 10.8 Å². The molecule has 0 unspecified atom stereocenters. The largest absolute Gasteiger partial charge is 0.497 e. The molecule has 0 aliphatic heterocycles. The minimum absolute atomic E-state index is 0.126. The number of nitrogens with two attached hydrogens (primary N) is 1. The van der Waals surface area contributed by atoms with Gasteiger partial charge >= 0.3 is 0 Å². The number of halogens is 1. The molecule has 0 aliphatic rings. The van der Waals surface area contributed by atoms with Gasteiger partial charge in [-0.3, -0.25) is 5.43 Å². The number of para-hydroxylation sites is 1. The summed E-state index contributed by atoms with van der Waals surface area (Å²) in [6.07, 6.45) is 0. The van der Waals surface area contributed by atoms with Crippen LogP contribution in [-0.4, -0.2) is 13.1 Å². The lowest BCUT2D eigenvalue weighted by molar-refractivity contribution is 0.414. The number of hydrogen-bond acceptors (Lipinski definition) is 3. The van der Waals surface area contributed by atoms with Gasteiger partial charge in [0.05, 0.1) is 7.11 Å². The van der Waals surface area contributed by atoms with Crippen LogP contribution in [0.25, 0.3) is 0 Å². The molecule has 2 rings (SSSR count).